The van der Waals surface area contributed by atoms with Gasteiger partial charge in [0.05, 0.1) is 21.2 Å². The molecule has 0 aromatic heterocycles. The van der Waals surface area contributed by atoms with Gasteiger partial charge in [-0.3, -0.25) is 10.1 Å². The molecule has 1 aromatic carbocycles. The van der Waals surface area contributed by atoms with Crippen LogP contribution < -0.4 is 10.0 Å². The van der Waals surface area contributed by atoms with Gasteiger partial charge in [0.1, 0.15) is 11.5 Å². The zero-order chi connectivity index (χ0) is 15.3. The number of hydrogen-bond donors (Lipinski definition) is 2. The molecule has 0 saturated heterocycles. The molecule has 7 nitrogen and oxygen atoms in total. The number of nitro groups is 1. The number of hydrogen-bond acceptors (Lipinski definition) is 5. The Morgan fingerprint density at radius 3 is 2.65 bits per heavy atom. The maximum absolute atomic E-state index is 13.2. The Balaban J connectivity index is 2.83. The molecule has 0 fully saturated rings. The number of rotatable bonds is 7. The van der Waals surface area contributed by atoms with Crippen LogP contribution in [-0.2, 0) is 10.0 Å². The summed E-state index contributed by atoms with van der Waals surface area (Å²) in [5.41, 5.74) is -0.401. The lowest BCUT2D eigenvalue weighted by molar-refractivity contribution is -0.384. The van der Waals surface area contributed by atoms with Gasteiger partial charge in [0.25, 0.3) is 5.69 Å². The van der Waals surface area contributed by atoms with Crippen molar-refractivity contribution in [1.82, 2.24) is 4.72 Å². The molecule has 1 aromatic rings. The fourth-order valence-corrected chi connectivity index (χ4v) is 2.74. The highest BCUT2D eigenvalue weighted by atomic mass is 79.9. The van der Waals surface area contributed by atoms with Crippen molar-refractivity contribution in [1.29, 1.82) is 0 Å². The topological polar surface area (TPSA) is 101 Å². The van der Waals surface area contributed by atoms with Crippen molar-refractivity contribution in [2.45, 2.75) is 6.92 Å². The summed E-state index contributed by atoms with van der Waals surface area (Å²) in [5.74, 6) is -1.00. The van der Waals surface area contributed by atoms with E-state index in [0.29, 0.717) is 0 Å². The SMILES string of the molecule is CCNS(=O)(=O)CCNc1cc(Br)c(F)cc1[N+](=O)[O-]. The summed E-state index contributed by atoms with van der Waals surface area (Å²) < 4.78 is 38.4. The first kappa shape index (κ1) is 16.8. The molecule has 0 radical (unpaired) electrons. The summed E-state index contributed by atoms with van der Waals surface area (Å²) in [6.45, 7) is 1.88. The predicted molar refractivity (Wildman–Crippen MR) is 76.7 cm³/mol. The number of sulfonamides is 1. The van der Waals surface area contributed by atoms with Crippen LogP contribution in [0.2, 0.25) is 0 Å². The average Bonchev–Trinajstić information content (AvgIpc) is 2.32. The van der Waals surface area contributed by atoms with Crippen molar-refractivity contribution in [3.05, 3.63) is 32.5 Å². The van der Waals surface area contributed by atoms with Gasteiger partial charge in [0.2, 0.25) is 10.0 Å². The summed E-state index contributed by atoms with van der Waals surface area (Å²) in [4.78, 5) is 10.1. The van der Waals surface area contributed by atoms with E-state index in [1.54, 1.807) is 6.92 Å². The standard InChI is InChI=1S/C10H13BrFN3O4S/c1-2-14-20(18,19)4-3-13-9-5-7(11)8(12)6-10(9)15(16)17/h5-6,13-14H,2-4H2,1H3. The Bertz CT molecular complexity index is 609. The van der Waals surface area contributed by atoms with Crippen LogP contribution in [-0.4, -0.2) is 32.2 Å². The number of halogens is 2. The van der Waals surface area contributed by atoms with E-state index in [9.17, 15) is 22.9 Å². The maximum atomic E-state index is 13.2. The highest BCUT2D eigenvalue weighted by molar-refractivity contribution is 9.10. The van der Waals surface area contributed by atoms with Gasteiger partial charge in [-0.2, -0.15) is 0 Å². The zero-order valence-corrected chi connectivity index (χ0v) is 12.9. The van der Waals surface area contributed by atoms with Crippen LogP contribution in [0.25, 0.3) is 0 Å². The molecule has 0 aliphatic rings. The third-order valence-corrected chi connectivity index (χ3v) is 4.36. The molecule has 0 aliphatic carbocycles. The molecule has 0 heterocycles. The molecule has 1 rings (SSSR count). The lowest BCUT2D eigenvalue weighted by atomic mass is 10.2. The smallest absolute Gasteiger partial charge is 0.295 e. The van der Waals surface area contributed by atoms with Crippen LogP contribution in [0, 0.1) is 15.9 Å². The second kappa shape index (κ2) is 6.95. The van der Waals surface area contributed by atoms with Gasteiger partial charge >= 0.3 is 0 Å². The van der Waals surface area contributed by atoms with Crippen molar-refractivity contribution < 1.29 is 17.7 Å². The van der Waals surface area contributed by atoms with Crippen molar-refractivity contribution >= 4 is 37.3 Å². The second-order valence-electron chi connectivity index (χ2n) is 3.78. The number of nitrogens with one attached hydrogen (secondary N) is 2. The fraction of sp³-hybridized carbons (Fsp3) is 0.400. The summed E-state index contributed by atoms with van der Waals surface area (Å²) >= 11 is 2.92. The van der Waals surface area contributed by atoms with E-state index in [2.05, 4.69) is 26.0 Å². The molecular weight excluding hydrogens is 357 g/mol. The first-order valence-electron chi connectivity index (χ1n) is 5.61. The van der Waals surface area contributed by atoms with Crippen LogP contribution >= 0.6 is 15.9 Å². The summed E-state index contributed by atoms with van der Waals surface area (Å²) in [5, 5.41) is 13.4. The lowest BCUT2D eigenvalue weighted by Crippen LogP contribution is -2.29. The van der Waals surface area contributed by atoms with E-state index in [1.807, 2.05) is 0 Å². The first-order valence-corrected chi connectivity index (χ1v) is 8.06. The minimum absolute atomic E-state index is 0.0335. The van der Waals surface area contributed by atoms with E-state index in [1.165, 1.54) is 6.07 Å². The van der Waals surface area contributed by atoms with Crippen molar-refractivity contribution in [3.63, 3.8) is 0 Å². The minimum atomic E-state index is -3.42. The molecule has 0 bridgehead atoms. The molecular formula is C10H13BrFN3O4S. The van der Waals surface area contributed by atoms with E-state index < -0.39 is 26.5 Å². The fourth-order valence-electron chi connectivity index (χ4n) is 1.44. The zero-order valence-electron chi connectivity index (χ0n) is 10.5. The molecule has 0 amide bonds. The van der Waals surface area contributed by atoms with Crippen molar-refractivity contribution in [2.75, 3.05) is 24.2 Å². The van der Waals surface area contributed by atoms with Gasteiger partial charge < -0.3 is 5.32 Å². The largest absolute Gasteiger partial charge is 0.378 e. The van der Waals surface area contributed by atoms with Crippen LogP contribution in [0.15, 0.2) is 16.6 Å². The van der Waals surface area contributed by atoms with E-state index >= 15 is 0 Å². The van der Waals surface area contributed by atoms with Crippen LogP contribution in [0.4, 0.5) is 15.8 Å². The summed E-state index contributed by atoms with van der Waals surface area (Å²) in [7, 11) is -3.42. The van der Waals surface area contributed by atoms with E-state index in [0.717, 1.165) is 6.07 Å². The monoisotopic (exact) mass is 369 g/mol. The van der Waals surface area contributed by atoms with E-state index in [-0.39, 0.29) is 29.0 Å². The Hall–Kier alpha value is -1.26. The quantitative estimate of drug-likeness (QED) is 0.564. The minimum Gasteiger partial charge on any atom is -0.378 e. The Labute approximate surface area is 123 Å². The molecule has 10 heteroatoms. The van der Waals surface area contributed by atoms with Crippen LogP contribution in [0.5, 0.6) is 0 Å². The van der Waals surface area contributed by atoms with Crippen LogP contribution in [0.3, 0.4) is 0 Å². The third-order valence-electron chi connectivity index (χ3n) is 2.29. The number of nitro benzene ring substituents is 1. The molecule has 0 aliphatic heterocycles. The Morgan fingerprint density at radius 1 is 1.45 bits per heavy atom. The highest BCUT2D eigenvalue weighted by Gasteiger charge is 2.18. The predicted octanol–water partition coefficient (Wildman–Crippen LogP) is 1.85. The van der Waals surface area contributed by atoms with Gasteiger partial charge in [0, 0.05) is 13.1 Å². The second-order valence-corrected chi connectivity index (χ2v) is 6.56. The third kappa shape index (κ3) is 4.69. The van der Waals surface area contributed by atoms with Gasteiger partial charge in [-0.25, -0.2) is 17.5 Å². The molecule has 0 atom stereocenters. The number of anilines is 1. The first-order chi connectivity index (χ1) is 9.26. The van der Waals surface area contributed by atoms with Gasteiger partial charge in [-0.15, -0.1) is 0 Å². The number of benzene rings is 1. The maximum Gasteiger partial charge on any atom is 0.295 e. The summed E-state index contributed by atoms with van der Waals surface area (Å²) in [6, 6.07) is 1.97. The molecule has 0 unspecified atom stereocenters. The van der Waals surface area contributed by atoms with E-state index in [4.69, 9.17) is 0 Å². The van der Waals surface area contributed by atoms with Crippen molar-refractivity contribution in [3.8, 4) is 0 Å². The molecule has 0 spiro atoms. The molecule has 0 saturated carbocycles. The highest BCUT2D eigenvalue weighted by Crippen LogP contribution is 2.30. The molecule has 2 N–H and O–H groups in total. The van der Waals surface area contributed by atoms with Gasteiger partial charge in [0.15, 0.2) is 0 Å². The Kier molecular flexibility index (Phi) is 5.84. The molecule has 112 valence electrons. The van der Waals surface area contributed by atoms with Crippen LogP contribution in [0.1, 0.15) is 6.92 Å². The number of nitrogens with zero attached hydrogens (tertiary/aromatic N) is 1. The average molecular weight is 370 g/mol. The summed E-state index contributed by atoms with van der Waals surface area (Å²) in [6.07, 6.45) is 0. The van der Waals surface area contributed by atoms with Gasteiger partial charge in [-0.1, -0.05) is 6.92 Å². The Morgan fingerprint density at radius 2 is 2.10 bits per heavy atom. The normalized spacial score (nSPS) is 11.3. The van der Waals surface area contributed by atoms with Gasteiger partial charge in [-0.05, 0) is 22.0 Å². The van der Waals surface area contributed by atoms with Crippen molar-refractivity contribution in [2.24, 2.45) is 0 Å². The lowest BCUT2D eigenvalue weighted by Gasteiger charge is -2.09. The molecule has 20 heavy (non-hydrogen) atoms.